The molecule has 1 aliphatic carbocycles. The van der Waals surface area contributed by atoms with Gasteiger partial charge in [0.15, 0.2) is 11.5 Å². The van der Waals surface area contributed by atoms with E-state index in [4.69, 9.17) is 9.47 Å². The summed E-state index contributed by atoms with van der Waals surface area (Å²) in [5, 5.41) is 10.0. The minimum atomic E-state index is -0.523. The van der Waals surface area contributed by atoms with E-state index >= 15 is 0 Å². The van der Waals surface area contributed by atoms with Crippen molar-refractivity contribution in [3.63, 3.8) is 0 Å². The third kappa shape index (κ3) is 2.03. The Morgan fingerprint density at radius 2 is 2.00 bits per heavy atom. The van der Waals surface area contributed by atoms with Gasteiger partial charge in [0.05, 0.1) is 13.2 Å². The highest BCUT2D eigenvalue weighted by atomic mass is 16.5. The molecule has 0 spiro atoms. The molecule has 0 fully saturated rings. The molecule has 1 aromatic rings. The van der Waals surface area contributed by atoms with E-state index in [-0.39, 0.29) is 6.10 Å². The summed E-state index contributed by atoms with van der Waals surface area (Å²) in [6, 6.07) is 3.73. The van der Waals surface area contributed by atoms with Crippen LogP contribution in [-0.4, -0.2) is 18.3 Å². The lowest BCUT2D eigenvalue weighted by Gasteiger charge is -2.17. The van der Waals surface area contributed by atoms with Gasteiger partial charge in [-0.05, 0) is 44.1 Å². The molecule has 0 aliphatic heterocycles. The third-order valence-corrected chi connectivity index (χ3v) is 2.87. The van der Waals surface area contributed by atoms with Gasteiger partial charge in [-0.2, -0.15) is 0 Å². The predicted octanol–water partition coefficient (Wildman–Crippen LogP) is 2.93. The number of fused-ring (bicyclic) bond motifs is 1. The second-order valence-electron chi connectivity index (χ2n) is 4.56. The van der Waals surface area contributed by atoms with Crippen LogP contribution in [0, 0.1) is 0 Å². The van der Waals surface area contributed by atoms with Crippen molar-refractivity contribution >= 4 is 6.08 Å². The smallest absolute Gasteiger partial charge is 0.169 e. The first-order chi connectivity index (χ1) is 8.04. The summed E-state index contributed by atoms with van der Waals surface area (Å²) in [5.41, 5.74) is 2.75. The maximum absolute atomic E-state index is 10.0. The van der Waals surface area contributed by atoms with Gasteiger partial charge in [-0.1, -0.05) is 6.07 Å². The van der Waals surface area contributed by atoms with Crippen LogP contribution in [0.5, 0.6) is 11.5 Å². The van der Waals surface area contributed by atoms with Crippen LogP contribution in [0.25, 0.3) is 6.08 Å². The van der Waals surface area contributed by atoms with Crippen LogP contribution in [0.2, 0.25) is 0 Å². The summed E-state index contributed by atoms with van der Waals surface area (Å²) in [4.78, 5) is 0. The Hall–Kier alpha value is -1.48. The monoisotopic (exact) mass is 234 g/mol. The van der Waals surface area contributed by atoms with Gasteiger partial charge in [0, 0.05) is 5.56 Å². The van der Waals surface area contributed by atoms with Crippen molar-refractivity contribution < 1.29 is 14.6 Å². The average molecular weight is 234 g/mol. The van der Waals surface area contributed by atoms with Gasteiger partial charge in [-0.15, -0.1) is 0 Å². The Morgan fingerprint density at radius 3 is 2.59 bits per heavy atom. The van der Waals surface area contributed by atoms with Crippen LogP contribution in [-0.2, 0) is 0 Å². The molecule has 1 aliphatic rings. The normalized spacial score (nSPS) is 18.0. The lowest BCUT2D eigenvalue weighted by Crippen LogP contribution is -2.08. The Kier molecular flexibility index (Phi) is 3.11. The molecule has 3 heteroatoms. The molecule has 0 saturated heterocycles. The number of aliphatic hydroxyl groups is 1. The van der Waals surface area contributed by atoms with Gasteiger partial charge in [0.1, 0.15) is 6.10 Å². The number of ether oxygens (including phenoxy) is 2. The molecule has 0 saturated carbocycles. The van der Waals surface area contributed by atoms with E-state index in [1.54, 1.807) is 7.11 Å². The fourth-order valence-electron chi connectivity index (χ4n) is 2.05. The molecule has 0 amide bonds. The lowest BCUT2D eigenvalue weighted by atomic mass is 10.1. The topological polar surface area (TPSA) is 38.7 Å². The molecule has 0 radical (unpaired) electrons. The standard InChI is InChI=1S/C14H18O3/c1-8(2)17-14-11-7-9(3)13(15)10(11)5-6-12(14)16-4/h5-8,13,15H,1-4H3. The van der Waals surface area contributed by atoms with Crippen LogP contribution in [0.15, 0.2) is 17.7 Å². The minimum Gasteiger partial charge on any atom is -0.493 e. The summed E-state index contributed by atoms with van der Waals surface area (Å²) >= 11 is 0. The number of hydrogen-bond acceptors (Lipinski definition) is 3. The molecule has 0 aromatic heterocycles. The quantitative estimate of drug-likeness (QED) is 0.874. The first-order valence-electron chi connectivity index (χ1n) is 5.78. The van der Waals surface area contributed by atoms with Gasteiger partial charge >= 0.3 is 0 Å². The molecule has 1 atom stereocenters. The summed E-state index contributed by atoms with van der Waals surface area (Å²) in [5.74, 6) is 1.42. The van der Waals surface area contributed by atoms with Crippen molar-refractivity contribution in [2.24, 2.45) is 0 Å². The van der Waals surface area contributed by atoms with E-state index in [2.05, 4.69) is 0 Å². The highest BCUT2D eigenvalue weighted by Crippen LogP contribution is 2.44. The molecule has 0 heterocycles. The van der Waals surface area contributed by atoms with Gasteiger partial charge in [0.2, 0.25) is 0 Å². The largest absolute Gasteiger partial charge is 0.493 e. The first-order valence-corrected chi connectivity index (χ1v) is 5.78. The van der Waals surface area contributed by atoms with Crippen LogP contribution >= 0.6 is 0 Å². The number of aliphatic hydroxyl groups excluding tert-OH is 1. The Morgan fingerprint density at radius 1 is 1.29 bits per heavy atom. The van der Waals surface area contributed by atoms with E-state index in [0.29, 0.717) is 5.75 Å². The zero-order chi connectivity index (χ0) is 12.6. The van der Waals surface area contributed by atoms with E-state index in [0.717, 1.165) is 22.4 Å². The highest BCUT2D eigenvalue weighted by Gasteiger charge is 2.25. The fourth-order valence-corrected chi connectivity index (χ4v) is 2.05. The molecule has 3 nitrogen and oxygen atoms in total. The van der Waals surface area contributed by atoms with E-state index < -0.39 is 6.10 Å². The second-order valence-corrected chi connectivity index (χ2v) is 4.56. The summed E-state index contributed by atoms with van der Waals surface area (Å²) in [7, 11) is 1.62. The van der Waals surface area contributed by atoms with Crippen molar-refractivity contribution in [2.45, 2.75) is 33.0 Å². The molecular formula is C14H18O3. The van der Waals surface area contributed by atoms with Crippen molar-refractivity contribution in [3.8, 4) is 11.5 Å². The number of rotatable bonds is 3. The van der Waals surface area contributed by atoms with Gasteiger partial charge in [-0.25, -0.2) is 0 Å². The van der Waals surface area contributed by atoms with Crippen molar-refractivity contribution in [2.75, 3.05) is 7.11 Å². The SMILES string of the molecule is COc1ccc2c(c1OC(C)C)C=C(C)C2O. The zero-order valence-corrected chi connectivity index (χ0v) is 10.7. The Balaban J connectivity index is 2.54. The second kappa shape index (κ2) is 4.41. The van der Waals surface area contributed by atoms with Crippen LogP contribution in [0.4, 0.5) is 0 Å². The van der Waals surface area contributed by atoms with Crippen LogP contribution < -0.4 is 9.47 Å². The molecule has 92 valence electrons. The predicted molar refractivity (Wildman–Crippen MR) is 67.4 cm³/mol. The highest BCUT2D eigenvalue weighted by molar-refractivity contribution is 5.73. The molecule has 0 bridgehead atoms. The zero-order valence-electron chi connectivity index (χ0n) is 10.7. The van der Waals surface area contributed by atoms with Crippen LogP contribution in [0.3, 0.4) is 0 Å². The number of benzene rings is 1. The lowest BCUT2D eigenvalue weighted by molar-refractivity contribution is 0.214. The third-order valence-electron chi connectivity index (χ3n) is 2.87. The van der Waals surface area contributed by atoms with E-state index in [1.807, 2.05) is 39.0 Å². The Labute approximate surface area is 102 Å². The summed E-state index contributed by atoms with van der Waals surface area (Å²) in [6.45, 7) is 5.86. The van der Waals surface area contributed by atoms with Crippen molar-refractivity contribution in [3.05, 3.63) is 28.8 Å². The molecular weight excluding hydrogens is 216 g/mol. The minimum absolute atomic E-state index is 0.0712. The van der Waals surface area contributed by atoms with Gasteiger partial charge in [0.25, 0.3) is 0 Å². The maximum atomic E-state index is 10.0. The fraction of sp³-hybridized carbons (Fsp3) is 0.429. The van der Waals surface area contributed by atoms with E-state index in [9.17, 15) is 5.11 Å². The first kappa shape index (κ1) is 12.0. The number of methoxy groups -OCH3 is 1. The molecule has 17 heavy (non-hydrogen) atoms. The van der Waals surface area contributed by atoms with Gasteiger partial charge < -0.3 is 14.6 Å². The van der Waals surface area contributed by atoms with Crippen molar-refractivity contribution in [1.29, 1.82) is 0 Å². The maximum Gasteiger partial charge on any atom is 0.169 e. The summed E-state index contributed by atoms with van der Waals surface area (Å²) in [6.07, 6.45) is 1.51. The molecule has 1 unspecified atom stereocenters. The molecule has 1 aromatic carbocycles. The number of hydrogen-bond donors (Lipinski definition) is 1. The van der Waals surface area contributed by atoms with Crippen molar-refractivity contribution in [1.82, 2.24) is 0 Å². The average Bonchev–Trinajstić information content (AvgIpc) is 2.56. The molecule has 1 N–H and O–H groups in total. The van der Waals surface area contributed by atoms with E-state index in [1.165, 1.54) is 0 Å². The van der Waals surface area contributed by atoms with Gasteiger partial charge in [-0.3, -0.25) is 0 Å². The van der Waals surface area contributed by atoms with Crippen LogP contribution in [0.1, 0.15) is 38.0 Å². The summed E-state index contributed by atoms with van der Waals surface area (Å²) < 4.78 is 11.1. The Bertz CT molecular complexity index is 461. The molecule has 2 rings (SSSR count).